The second-order valence-corrected chi connectivity index (χ2v) is 7.88. The van der Waals surface area contributed by atoms with Crippen LogP contribution >= 0.6 is 0 Å². The third-order valence-corrected chi connectivity index (χ3v) is 6.11. The molecule has 20 heavy (non-hydrogen) atoms. The molecule has 2 aliphatic carbocycles. The Bertz CT molecular complexity index is 585. The lowest BCUT2D eigenvalue weighted by Gasteiger charge is -2.23. The van der Waals surface area contributed by atoms with Crippen LogP contribution in [0.5, 0.6) is 0 Å². The van der Waals surface area contributed by atoms with Crippen molar-refractivity contribution in [3.8, 4) is 0 Å². The normalized spacial score (nSPS) is 28.9. The predicted molar refractivity (Wildman–Crippen MR) is 79.3 cm³/mol. The van der Waals surface area contributed by atoms with Gasteiger partial charge in [0.1, 0.15) is 0 Å². The maximum Gasteiger partial charge on any atom is 0.216 e. The zero-order valence-electron chi connectivity index (χ0n) is 11.6. The highest BCUT2D eigenvalue weighted by Gasteiger charge is 2.41. The van der Waals surface area contributed by atoms with Gasteiger partial charge in [-0.3, -0.25) is 0 Å². The van der Waals surface area contributed by atoms with Crippen molar-refractivity contribution >= 4 is 10.0 Å². The maximum atomic E-state index is 12.3. The van der Waals surface area contributed by atoms with Gasteiger partial charge in [-0.15, -0.1) is 0 Å². The second kappa shape index (κ2) is 5.47. The maximum absolute atomic E-state index is 12.3. The summed E-state index contributed by atoms with van der Waals surface area (Å²) in [6.45, 7) is 0.375. The highest BCUT2D eigenvalue weighted by atomic mass is 32.2. The highest BCUT2D eigenvalue weighted by molar-refractivity contribution is 7.88. The third kappa shape index (κ3) is 2.90. The average Bonchev–Trinajstić information content (AvgIpc) is 3.00. The van der Waals surface area contributed by atoms with E-state index in [0.717, 1.165) is 23.5 Å². The monoisotopic (exact) mass is 294 g/mol. The van der Waals surface area contributed by atoms with E-state index in [1.165, 1.54) is 19.3 Å². The van der Waals surface area contributed by atoms with Crippen LogP contribution in [0.1, 0.15) is 36.8 Å². The number of benzene rings is 1. The summed E-state index contributed by atoms with van der Waals surface area (Å²) in [5.41, 5.74) is 7.39. The van der Waals surface area contributed by atoms with Gasteiger partial charge in [-0.25, -0.2) is 13.1 Å². The molecule has 2 fully saturated rings. The molecule has 2 saturated carbocycles. The minimum Gasteiger partial charge on any atom is -0.326 e. The first-order valence-electron chi connectivity index (χ1n) is 7.34. The van der Waals surface area contributed by atoms with E-state index in [1.807, 2.05) is 24.3 Å². The van der Waals surface area contributed by atoms with E-state index in [1.54, 1.807) is 0 Å². The lowest BCUT2D eigenvalue weighted by Crippen LogP contribution is -2.39. The number of rotatable bonds is 5. The van der Waals surface area contributed by atoms with Crippen LogP contribution in [0.4, 0.5) is 0 Å². The SMILES string of the molecule is NCc1ccccc1CS(=O)(=O)NC1CC2CCC1C2. The molecule has 0 radical (unpaired) electrons. The molecule has 3 atom stereocenters. The lowest BCUT2D eigenvalue weighted by atomic mass is 9.96. The van der Waals surface area contributed by atoms with Crippen LogP contribution in [0.25, 0.3) is 0 Å². The van der Waals surface area contributed by atoms with E-state index in [9.17, 15) is 8.42 Å². The lowest BCUT2D eigenvalue weighted by molar-refractivity contribution is 0.390. The van der Waals surface area contributed by atoms with Crippen LogP contribution in [0, 0.1) is 11.8 Å². The standard InChI is InChI=1S/C15H22N2O2S/c16-9-13-3-1-2-4-14(13)10-20(18,19)17-15-8-11-5-6-12(15)7-11/h1-4,11-12,15,17H,5-10,16H2. The van der Waals surface area contributed by atoms with Crippen LogP contribution in [-0.4, -0.2) is 14.5 Å². The molecule has 4 nitrogen and oxygen atoms in total. The molecule has 2 aliphatic rings. The molecule has 5 heteroatoms. The molecule has 110 valence electrons. The zero-order chi connectivity index (χ0) is 14.2. The molecule has 3 rings (SSSR count). The fraction of sp³-hybridized carbons (Fsp3) is 0.600. The number of hydrogen-bond acceptors (Lipinski definition) is 3. The molecule has 0 saturated heterocycles. The molecule has 3 unspecified atom stereocenters. The highest BCUT2D eigenvalue weighted by Crippen LogP contribution is 2.44. The van der Waals surface area contributed by atoms with E-state index in [0.29, 0.717) is 12.5 Å². The Balaban J connectivity index is 1.69. The van der Waals surface area contributed by atoms with Crippen LogP contribution in [0.2, 0.25) is 0 Å². The van der Waals surface area contributed by atoms with Gasteiger partial charge < -0.3 is 5.73 Å². The van der Waals surface area contributed by atoms with Gasteiger partial charge >= 0.3 is 0 Å². The second-order valence-electron chi connectivity index (χ2n) is 6.13. The van der Waals surface area contributed by atoms with Gasteiger partial charge in [-0.05, 0) is 42.2 Å². The van der Waals surface area contributed by atoms with Crippen molar-refractivity contribution in [3.05, 3.63) is 35.4 Å². The molecule has 0 amide bonds. The largest absolute Gasteiger partial charge is 0.326 e. The molecule has 0 heterocycles. The summed E-state index contributed by atoms with van der Waals surface area (Å²) in [7, 11) is -3.28. The quantitative estimate of drug-likeness (QED) is 0.869. The molecular weight excluding hydrogens is 272 g/mol. The average molecular weight is 294 g/mol. The van der Waals surface area contributed by atoms with Gasteiger partial charge in [-0.2, -0.15) is 0 Å². The van der Waals surface area contributed by atoms with Crippen molar-refractivity contribution in [2.75, 3.05) is 0 Å². The first-order valence-corrected chi connectivity index (χ1v) is 8.99. The summed E-state index contributed by atoms with van der Waals surface area (Å²) in [5.74, 6) is 1.33. The third-order valence-electron chi connectivity index (χ3n) is 4.75. The van der Waals surface area contributed by atoms with Crippen molar-refractivity contribution in [2.24, 2.45) is 17.6 Å². The van der Waals surface area contributed by atoms with Crippen LogP contribution in [0.15, 0.2) is 24.3 Å². The van der Waals surface area contributed by atoms with Gasteiger partial charge in [0.2, 0.25) is 10.0 Å². The minimum absolute atomic E-state index is 0.0360. The molecule has 0 spiro atoms. The predicted octanol–water partition coefficient (Wildman–Crippen LogP) is 1.75. The molecule has 3 N–H and O–H groups in total. The molecular formula is C15H22N2O2S. The molecule has 1 aromatic rings. The Hall–Kier alpha value is -0.910. The van der Waals surface area contributed by atoms with Crippen molar-refractivity contribution in [3.63, 3.8) is 0 Å². The fourth-order valence-corrected chi connectivity index (χ4v) is 5.29. The zero-order valence-corrected chi connectivity index (χ0v) is 12.4. The summed E-state index contributed by atoms with van der Waals surface area (Å²) < 4.78 is 27.6. The number of fused-ring (bicyclic) bond motifs is 2. The first kappa shape index (κ1) is 14.0. The number of nitrogens with two attached hydrogens (primary N) is 1. The van der Waals surface area contributed by atoms with E-state index in [-0.39, 0.29) is 11.8 Å². The van der Waals surface area contributed by atoms with E-state index in [2.05, 4.69) is 4.72 Å². The van der Waals surface area contributed by atoms with Gasteiger partial charge in [-0.1, -0.05) is 30.7 Å². The van der Waals surface area contributed by atoms with Crippen LogP contribution in [-0.2, 0) is 22.3 Å². The van der Waals surface area contributed by atoms with Crippen molar-refractivity contribution < 1.29 is 8.42 Å². The summed E-state index contributed by atoms with van der Waals surface area (Å²) in [6.07, 6.45) is 4.67. The van der Waals surface area contributed by atoms with Gasteiger partial charge in [0.15, 0.2) is 0 Å². The topological polar surface area (TPSA) is 72.2 Å². The summed E-state index contributed by atoms with van der Waals surface area (Å²) in [5, 5.41) is 0. The van der Waals surface area contributed by atoms with Crippen LogP contribution in [0.3, 0.4) is 0 Å². The van der Waals surface area contributed by atoms with E-state index in [4.69, 9.17) is 5.73 Å². The van der Waals surface area contributed by atoms with Crippen molar-refractivity contribution in [1.29, 1.82) is 0 Å². The van der Waals surface area contributed by atoms with E-state index >= 15 is 0 Å². The Labute approximate surface area is 120 Å². The molecule has 0 aromatic heterocycles. The summed E-state index contributed by atoms with van der Waals surface area (Å²) in [6, 6.07) is 7.65. The van der Waals surface area contributed by atoms with Crippen molar-refractivity contribution in [1.82, 2.24) is 4.72 Å². The molecule has 1 aromatic carbocycles. The Kier molecular flexibility index (Phi) is 3.84. The number of nitrogens with one attached hydrogen (secondary N) is 1. The van der Waals surface area contributed by atoms with Gasteiger partial charge in [0.05, 0.1) is 5.75 Å². The first-order chi connectivity index (χ1) is 9.57. The Morgan fingerprint density at radius 3 is 2.50 bits per heavy atom. The molecule has 0 aliphatic heterocycles. The summed E-state index contributed by atoms with van der Waals surface area (Å²) >= 11 is 0. The smallest absolute Gasteiger partial charge is 0.216 e. The minimum atomic E-state index is -3.28. The number of sulfonamides is 1. The summed E-state index contributed by atoms with van der Waals surface area (Å²) in [4.78, 5) is 0. The van der Waals surface area contributed by atoms with Gasteiger partial charge in [0, 0.05) is 12.6 Å². The number of hydrogen-bond donors (Lipinski definition) is 2. The molecule has 2 bridgehead atoms. The Morgan fingerprint density at radius 2 is 1.90 bits per heavy atom. The van der Waals surface area contributed by atoms with E-state index < -0.39 is 10.0 Å². The van der Waals surface area contributed by atoms with Crippen molar-refractivity contribution in [2.45, 2.75) is 44.0 Å². The van der Waals surface area contributed by atoms with Gasteiger partial charge in [0.25, 0.3) is 0 Å². The van der Waals surface area contributed by atoms with Crippen LogP contribution < -0.4 is 10.5 Å². The Morgan fingerprint density at radius 1 is 1.15 bits per heavy atom. The fourth-order valence-electron chi connectivity index (χ4n) is 3.76.